The van der Waals surface area contributed by atoms with Crippen LogP contribution in [0.1, 0.15) is 36.2 Å². The van der Waals surface area contributed by atoms with Crippen LogP contribution in [-0.4, -0.2) is 26.9 Å². The van der Waals surface area contributed by atoms with E-state index < -0.39 is 5.37 Å². The largest absolute Gasteiger partial charge is 0.340 e. The Hall–Kier alpha value is -1.92. The lowest BCUT2D eigenvalue weighted by molar-refractivity contribution is 0.263. The number of carbonyl (C=O) groups excluding carboxylic acids is 1. The highest BCUT2D eigenvalue weighted by Gasteiger charge is 2.23. The van der Waals surface area contributed by atoms with Crippen molar-refractivity contribution in [1.82, 2.24) is 15.0 Å². The smallest absolute Gasteiger partial charge is 0.320 e. The monoisotopic (exact) mass is 418 g/mol. The van der Waals surface area contributed by atoms with Crippen molar-refractivity contribution in [3.63, 3.8) is 0 Å². The van der Waals surface area contributed by atoms with Crippen molar-refractivity contribution in [2.75, 3.05) is 11.4 Å². The van der Waals surface area contributed by atoms with E-state index in [9.17, 15) is 4.79 Å². The number of nitrogens with zero attached hydrogens (tertiary/aromatic N) is 3. The summed E-state index contributed by atoms with van der Waals surface area (Å²) < 4.78 is 0.919. The summed E-state index contributed by atoms with van der Waals surface area (Å²) in [4.78, 5) is 25.5. The van der Waals surface area contributed by atoms with Crippen LogP contribution in [0.25, 0.3) is 11.2 Å². The lowest BCUT2D eigenvalue weighted by atomic mass is 9.94. The number of nitrogens with one attached hydrogen (secondary N) is 1. The van der Waals surface area contributed by atoms with Crippen molar-refractivity contribution in [3.05, 3.63) is 51.9 Å². The molecule has 0 fully saturated rings. The minimum Gasteiger partial charge on any atom is -0.340 e. The van der Waals surface area contributed by atoms with Crippen LogP contribution in [0.15, 0.2) is 34.9 Å². The molecule has 1 unspecified atom stereocenters. The fraction of sp³-hybridized carbons (Fsp3) is 0.278. The zero-order valence-electron chi connectivity index (χ0n) is 13.6. The Kier molecular flexibility index (Phi) is 4.25. The SMILES string of the molecule is CC(c1ccc2c(c1)CCCN2C(=O)Cl)c1nc2ncc(Br)cc2[nH]1. The summed E-state index contributed by atoms with van der Waals surface area (Å²) in [5.41, 5.74) is 4.84. The molecule has 1 aliphatic heterocycles. The van der Waals surface area contributed by atoms with E-state index in [2.05, 4.69) is 43.9 Å². The van der Waals surface area contributed by atoms with Gasteiger partial charge in [0.1, 0.15) is 5.82 Å². The molecule has 0 spiro atoms. The Balaban J connectivity index is 1.70. The fourth-order valence-electron chi connectivity index (χ4n) is 3.33. The number of benzene rings is 1. The fourth-order valence-corrected chi connectivity index (χ4v) is 3.83. The topological polar surface area (TPSA) is 61.9 Å². The van der Waals surface area contributed by atoms with Crippen molar-refractivity contribution in [3.8, 4) is 0 Å². The van der Waals surface area contributed by atoms with E-state index in [1.54, 1.807) is 11.1 Å². The Morgan fingerprint density at radius 1 is 1.40 bits per heavy atom. The van der Waals surface area contributed by atoms with Crippen LogP contribution in [-0.2, 0) is 6.42 Å². The summed E-state index contributed by atoms with van der Waals surface area (Å²) in [5.74, 6) is 0.974. The Labute approximate surface area is 158 Å². The molecule has 0 aliphatic carbocycles. The molecule has 3 aromatic rings. The van der Waals surface area contributed by atoms with Gasteiger partial charge in [0.15, 0.2) is 5.65 Å². The van der Waals surface area contributed by atoms with E-state index in [1.165, 1.54) is 0 Å². The Morgan fingerprint density at radius 3 is 3.04 bits per heavy atom. The van der Waals surface area contributed by atoms with E-state index in [0.717, 1.165) is 45.5 Å². The summed E-state index contributed by atoms with van der Waals surface area (Å²) in [6, 6.07) is 8.15. The van der Waals surface area contributed by atoms with E-state index in [4.69, 9.17) is 11.6 Å². The van der Waals surface area contributed by atoms with Gasteiger partial charge in [-0.2, -0.15) is 0 Å². The number of carbonyl (C=O) groups is 1. The van der Waals surface area contributed by atoms with Crippen molar-refractivity contribution >= 4 is 49.7 Å². The predicted octanol–water partition coefficient (Wildman–Crippen LogP) is 4.98. The maximum Gasteiger partial charge on any atom is 0.320 e. The first-order valence-electron chi connectivity index (χ1n) is 8.14. The molecule has 3 heterocycles. The maximum absolute atomic E-state index is 11.6. The molecule has 1 N–H and O–H groups in total. The number of aromatic amines is 1. The van der Waals surface area contributed by atoms with Crippen LogP contribution in [0.2, 0.25) is 0 Å². The quantitative estimate of drug-likeness (QED) is 0.470. The number of aromatic nitrogens is 3. The average molecular weight is 420 g/mol. The highest BCUT2D eigenvalue weighted by atomic mass is 79.9. The van der Waals surface area contributed by atoms with Gasteiger partial charge in [0.25, 0.3) is 0 Å². The molecule has 5 nitrogen and oxygen atoms in total. The van der Waals surface area contributed by atoms with Gasteiger partial charge < -0.3 is 4.98 Å². The summed E-state index contributed by atoms with van der Waals surface area (Å²) in [7, 11) is 0. The molecule has 25 heavy (non-hydrogen) atoms. The average Bonchev–Trinajstić information content (AvgIpc) is 3.03. The molecule has 7 heteroatoms. The van der Waals surface area contributed by atoms with Gasteiger partial charge in [-0.15, -0.1) is 0 Å². The molecule has 0 saturated carbocycles. The van der Waals surface area contributed by atoms with Gasteiger partial charge in [0, 0.05) is 28.8 Å². The normalized spacial score (nSPS) is 15.2. The van der Waals surface area contributed by atoms with Gasteiger partial charge in [-0.25, -0.2) is 9.97 Å². The molecular formula is C18H16BrClN4O. The minimum absolute atomic E-state index is 0.0976. The molecule has 1 amide bonds. The van der Waals surface area contributed by atoms with E-state index in [0.29, 0.717) is 12.2 Å². The molecule has 4 rings (SSSR count). The van der Waals surface area contributed by atoms with Crippen molar-refractivity contribution in [2.24, 2.45) is 0 Å². The van der Waals surface area contributed by atoms with Gasteiger partial charge >= 0.3 is 5.37 Å². The van der Waals surface area contributed by atoms with Crippen LogP contribution >= 0.6 is 27.5 Å². The number of anilines is 1. The number of hydrogen-bond acceptors (Lipinski definition) is 3. The predicted molar refractivity (Wildman–Crippen MR) is 102 cm³/mol. The Bertz CT molecular complexity index is 971. The molecule has 128 valence electrons. The van der Waals surface area contributed by atoms with E-state index >= 15 is 0 Å². The van der Waals surface area contributed by atoms with Crippen molar-refractivity contribution in [2.45, 2.75) is 25.7 Å². The second-order valence-electron chi connectivity index (χ2n) is 6.26. The molecule has 1 atom stereocenters. The third-order valence-corrected chi connectivity index (χ3v) is 5.30. The van der Waals surface area contributed by atoms with Crippen LogP contribution in [0.5, 0.6) is 0 Å². The van der Waals surface area contributed by atoms with Gasteiger partial charge in [-0.3, -0.25) is 9.69 Å². The number of hydrogen-bond donors (Lipinski definition) is 1. The molecule has 0 radical (unpaired) electrons. The summed E-state index contributed by atoms with van der Waals surface area (Å²) in [6.07, 6.45) is 3.62. The Morgan fingerprint density at radius 2 is 2.24 bits per heavy atom. The number of aryl methyl sites for hydroxylation is 1. The van der Waals surface area contributed by atoms with E-state index in [-0.39, 0.29) is 5.92 Å². The van der Waals surface area contributed by atoms with Gasteiger partial charge in [-0.05, 0) is 63.6 Å². The zero-order chi connectivity index (χ0) is 17.6. The number of rotatable bonds is 2. The third kappa shape index (κ3) is 3.04. The van der Waals surface area contributed by atoms with Crippen LogP contribution in [0.4, 0.5) is 10.5 Å². The third-order valence-electron chi connectivity index (χ3n) is 4.67. The van der Waals surface area contributed by atoms with Crippen LogP contribution < -0.4 is 4.90 Å². The van der Waals surface area contributed by atoms with E-state index in [1.807, 2.05) is 18.2 Å². The molecular weight excluding hydrogens is 404 g/mol. The number of amides is 1. The first kappa shape index (κ1) is 16.5. The van der Waals surface area contributed by atoms with Crippen LogP contribution in [0.3, 0.4) is 0 Å². The number of pyridine rings is 1. The van der Waals surface area contributed by atoms with Crippen molar-refractivity contribution < 1.29 is 4.79 Å². The lowest BCUT2D eigenvalue weighted by Gasteiger charge is -2.28. The molecule has 2 aromatic heterocycles. The number of imidazole rings is 1. The van der Waals surface area contributed by atoms with Gasteiger partial charge in [0.05, 0.1) is 5.52 Å². The summed E-state index contributed by atoms with van der Waals surface area (Å²) in [5, 5.41) is -0.421. The molecule has 1 aliphatic rings. The number of H-pyrrole nitrogens is 1. The highest BCUT2D eigenvalue weighted by molar-refractivity contribution is 9.10. The molecule has 0 saturated heterocycles. The van der Waals surface area contributed by atoms with Gasteiger partial charge in [0.2, 0.25) is 0 Å². The molecule has 0 bridgehead atoms. The standard InChI is InChI=1S/C18H16BrClN4O/c1-10(16-22-14-8-13(19)9-21-17(14)23-16)11-4-5-15-12(7-11)3-2-6-24(15)18(20)25/h4-5,7-10H,2-3,6H2,1H3,(H,21,22,23). The minimum atomic E-state index is -0.421. The first-order chi connectivity index (χ1) is 12.0. The summed E-state index contributed by atoms with van der Waals surface area (Å²) in [6.45, 7) is 2.79. The van der Waals surface area contributed by atoms with Crippen LogP contribution in [0, 0.1) is 0 Å². The second-order valence-corrected chi connectivity index (χ2v) is 7.50. The van der Waals surface area contributed by atoms with Crippen molar-refractivity contribution in [1.29, 1.82) is 0 Å². The van der Waals surface area contributed by atoms with Gasteiger partial charge in [-0.1, -0.05) is 19.1 Å². The number of halogens is 2. The number of fused-ring (bicyclic) bond motifs is 2. The first-order valence-corrected chi connectivity index (χ1v) is 9.31. The summed E-state index contributed by atoms with van der Waals surface area (Å²) >= 11 is 9.13. The second kappa shape index (κ2) is 6.42. The maximum atomic E-state index is 11.6. The molecule has 1 aromatic carbocycles. The zero-order valence-corrected chi connectivity index (χ0v) is 15.9. The lowest BCUT2D eigenvalue weighted by Crippen LogP contribution is -2.31. The highest BCUT2D eigenvalue weighted by Crippen LogP contribution is 2.33.